The van der Waals surface area contributed by atoms with Gasteiger partial charge >= 0.3 is 0 Å². The number of aliphatic imine (C=N–C) groups is 1. The molecule has 0 saturated carbocycles. The monoisotopic (exact) mass is 250 g/mol. The molecule has 0 spiro atoms. The first-order valence-electron chi connectivity index (χ1n) is 5.90. The van der Waals surface area contributed by atoms with Crippen LogP contribution in [0.4, 0.5) is 5.69 Å². The van der Waals surface area contributed by atoms with Gasteiger partial charge in [-0.25, -0.2) is 4.99 Å². The van der Waals surface area contributed by atoms with E-state index in [-0.39, 0.29) is 23.7 Å². The molecule has 4 nitrogen and oxygen atoms in total. The lowest BCUT2D eigenvalue weighted by Gasteiger charge is -2.14. The van der Waals surface area contributed by atoms with E-state index in [1.807, 2.05) is 18.2 Å². The lowest BCUT2D eigenvalue weighted by atomic mass is 9.89. The fourth-order valence-corrected chi connectivity index (χ4v) is 2.05. The summed E-state index contributed by atoms with van der Waals surface area (Å²) in [5.74, 6) is -0.307. The van der Waals surface area contributed by atoms with Crippen LogP contribution < -0.4 is 0 Å². The van der Waals surface area contributed by atoms with Gasteiger partial charge in [0.05, 0.1) is 23.4 Å². The molecule has 19 heavy (non-hydrogen) atoms. The molecule has 0 unspecified atom stereocenters. The number of Topliss-reactive ketones (excluding diaryl/α,β-unsaturated/α-hetero) is 2. The fourth-order valence-electron chi connectivity index (χ4n) is 2.05. The summed E-state index contributed by atoms with van der Waals surface area (Å²) in [7, 11) is 0. The number of aromatic nitrogens is 1. The highest BCUT2D eigenvalue weighted by molar-refractivity contribution is 6.52. The van der Waals surface area contributed by atoms with E-state index in [1.165, 1.54) is 12.4 Å². The molecule has 0 atom stereocenters. The van der Waals surface area contributed by atoms with E-state index < -0.39 is 0 Å². The first kappa shape index (κ1) is 11.5. The molecule has 0 aliphatic heterocycles. The zero-order valence-corrected chi connectivity index (χ0v) is 10.0. The largest absolute Gasteiger partial charge is 0.294 e. The highest BCUT2D eigenvalue weighted by Gasteiger charge is 2.29. The van der Waals surface area contributed by atoms with Crippen molar-refractivity contribution in [2.75, 3.05) is 0 Å². The molecule has 0 amide bonds. The lowest BCUT2D eigenvalue weighted by molar-refractivity contribution is 0.0964. The van der Waals surface area contributed by atoms with Crippen LogP contribution in [0, 0.1) is 0 Å². The van der Waals surface area contributed by atoms with E-state index in [0.717, 1.165) is 0 Å². The molecule has 0 radical (unpaired) electrons. The number of fused-ring (bicyclic) bond motifs is 1. The van der Waals surface area contributed by atoms with Crippen molar-refractivity contribution >= 4 is 23.0 Å². The zero-order valence-electron chi connectivity index (χ0n) is 10.0. The maximum absolute atomic E-state index is 12.2. The van der Waals surface area contributed by atoms with E-state index in [2.05, 4.69) is 9.98 Å². The Kier molecular flexibility index (Phi) is 2.76. The van der Waals surface area contributed by atoms with Crippen LogP contribution in [0.15, 0.2) is 53.8 Å². The second-order valence-corrected chi connectivity index (χ2v) is 4.24. The number of nitrogens with zero attached hydrogens (tertiary/aromatic N) is 2. The molecule has 1 aromatic heterocycles. The van der Waals surface area contributed by atoms with Gasteiger partial charge in [-0.3, -0.25) is 14.6 Å². The smallest absolute Gasteiger partial charge is 0.209 e. The number of carbonyl (C=O) groups is 2. The molecule has 1 aliphatic carbocycles. The van der Waals surface area contributed by atoms with Crippen molar-refractivity contribution in [1.82, 2.24) is 4.98 Å². The number of hydrogen-bond donors (Lipinski definition) is 0. The SMILES string of the molecule is O=C1CC(=Nc2ccccc2)C(=O)c2cnccc21. The summed E-state index contributed by atoms with van der Waals surface area (Å²) in [6, 6.07) is 10.7. The topological polar surface area (TPSA) is 59.4 Å². The van der Waals surface area contributed by atoms with Crippen molar-refractivity contribution in [2.45, 2.75) is 6.42 Å². The molecule has 3 rings (SSSR count). The van der Waals surface area contributed by atoms with Crippen molar-refractivity contribution in [3.63, 3.8) is 0 Å². The molecule has 0 saturated heterocycles. The van der Waals surface area contributed by atoms with Crippen LogP contribution in [0.25, 0.3) is 0 Å². The minimum absolute atomic E-state index is 0.0464. The number of benzene rings is 1. The standard InChI is InChI=1S/C15H10N2O2/c18-14-8-13(17-10-4-2-1-3-5-10)15(19)12-9-16-7-6-11(12)14/h1-7,9H,8H2. The predicted molar refractivity (Wildman–Crippen MR) is 71.1 cm³/mol. The predicted octanol–water partition coefficient (Wildman–Crippen LogP) is 2.62. The van der Waals surface area contributed by atoms with E-state index in [4.69, 9.17) is 0 Å². The molecule has 1 aliphatic rings. The second kappa shape index (κ2) is 4.57. The summed E-state index contributed by atoms with van der Waals surface area (Å²) in [5.41, 5.74) is 1.73. The van der Waals surface area contributed by atoms with Gasteiger partial charge in [-0.2, -0.15) is 0 Å². The van der Waals surface area contributed by atoms with E-state index >= 15 is 0 Å². The van der Waals surface area contributed by atoms with Gasteiger partial charge in [-0.15, -0.1) is 0 Å². The average molecular weight is 250 g/mol. The van der Waals surface area contributed by atoms with Crippen molar-refractivity contribution < 1.29 is 9.59 Å². The molecule has 2 aromatic rings. The van der Waals surface area contributed by atoms with Crippen LogP contribution in [-0.4, -0.2) is 22.3 Å². The molecule has 1 heterocycles. The molecule has 92 valence electrons. The quantitative estimate of drug-likeness (QED) is 0.781. The second-order valence-electron chi connectivity index (χ2n) is 4.24. The third kappa shape index (κ3) is 2.08. The Bertz CT molecular complexity index is 690. The highest BCUT2D eigenvalue weighted by atomic mass is 16.1. The zero-order chi connectivity index (χ0) is 13.2. The summed E-state index contributed by atoms with van der Waals surface area (Å²) in [6.07, 6.45) is 2.99. The van der Waals surface area contributed by atoms with Gasteiger partial charge in [0.1, 0.15) is 0 Å². The number of rotatable bonds is 1. The summed E-state index contributed by atoms with van der Waals surface area (Å²) in [6.45, 7) is 0. The Balaban J connectivity index is 2.06. The van der Waals surface area contributed by atoms with Gasteiger partial charge in [0, 0.05) is 18.0 Å². The third-order valence-electron chi connectivity index (χ3n) is 2.98. The number of pyridine rings is 1. The van der Waals surface area contributed by atoms with Crippen LogP contribution >= 0.6 is 0 Å². The Morgan fingerprint density at radius 1 is 1.00 bits per heavy atom. The number of ketones is 2. The minimum Gasteiger partial charge on any atom is -0.294 e. The normalized spacial score (nSPS) is 16.5. The minimum atomic E-state index is -0.216. The first-order valence-corrected chi connectivity index (χ1v) is 5.90. The first-order chi connectivity index (χ1) is 9.25. The Morgan fingerprint density at radius 3 is 2.58 bits per heavy atom. The van der Waals surface area contributed by atoms with Gasteiger partial charge in [-0.1, -0.05) is 18.2 Å². The van der Waals surface area contributed by atoms with Crippen LogP contribution in [0.1, 0.15) is 27.1 Å². The Hall–Kier alpha value is -2.62. The van der Waals surface area contributed by atoms with Crippen LogP contribution in [0.2, 0.25) is 0 Å². The van der Waals surface area contributed by atoms with Gasteiger partial charge < -0.3 is 0 Å². The number of carbonyl (C=O) groups excluding carboxylic acids is 2. The van der Waals surface area contributed by atoms with Gasteiger partial charge in [0.2, 0.25) is 5.78 Å². The Labute approximate surface area is 109 Å². The van der Waals surface area contributed by atoms with Crippen LogP contribution in [0.5, 0.6) is 0 Å². The van der Waals surface area contributed by atoms with Gasteiger partial charge in [-0.05, 0) is 18.2 Å². The molecule has 4 heteroatoms. The van der Waals surface area contributed by atoms with E-state index in [0.29, 0.717) is 16.8 Å². The molecule has 0 bridgehead atoms. The van der Waals surface area contributed by atoms with Crippen molar-refractivity contribution in [2.24, 2.45) is 4.99 Å². The maximum atomic E-state index is 12.2. The van der Waals surface area contributed by atoms with Crippen molar-refractivity contribution in [3.05, 3.63) is 59.9 Å². The summed E-state index contributed by atoms with van der Waals surface area (Å²) >= 11 is 0. The number of hydrogen-bond acceptors (Lipinski definition) is 4. The summed E-state index contributed by atoms with van der Waals surface area (Å²) in [4.78, 5) is 32.4. The summed E-state index contributed by atoms with van der Waals surface area (Å²) < 4.78 is 0. The van der Waals surface area contributed by atoms with E-state index in [9.17, 15) is 9.59 Å². The molecular weight excluding hydrogens is 240 g/mol. The highest BCUT2D eigenvalue weighted by Crippen LogP contribution is 2.21. The number of para-hydroxylation sites is 1. The summed E-state index contributed by atoms with van der Waals surface area (Å²) in [5, 5.41) is 0. The fraction of sp³-hybridized carbons (Fsp3) is 0.0667. The van der Waals surface area contributed by atoms with Gasteiger partial charge in [0.15, 0.2) is 5.78 Å². The lowest BCUT2D eigenvalue weighted by Crippen LogP contribution is -2.27. The Morgan fingerprint density at radius 2 is 1.79 bits per heavy atom. The molecule has 1 aromatic carbocycles. The molecule has 0 N–H and O–H groups in total. The average Bonchev–Trinajstić information content (AvgIpc) is 2.46. The molecular formula is C15H10N2O2. The van der Waals surface area contributed by atoms with Crippen molar-refractivity contribution in [3.8, 4) is 0 Å². The van der Waals surface area contributed by atoms with Crippen molar-refractivity contribution in [1.29, 1.82) is 0 Å². The molecule has 0 fully saturated rings. The van der Waals surface area contributed by atoms with Crippen LogP contribution in [-0.2, 0) is 0 Å². The van der Waals surface area contributed by atoms with E-state index in [1.54, 1.807) is 18.2 Å². The maximum Gasteiger partial charge on any atom is 0.209 e. The van der Waals surface area contributed by atoms with Gasteiger partial charge in [0.25, 0.3) is 0 Å². The van der Waals surface area contributed by atoms with Crippen LogP contribution in [0.3, 0.4) is 0 Å². The third-order valence-corrected chi connectivity index (χ3v) is 2.98.